The molecular weight excluding hydrogens is 464 g/mol. The summed E-state index contributed by atoms with van der Waals surface area (Å²) in [7, 11) is -2.75. The Balaban J connectivity index is 1.72. The lowest BCUT2D eigenvalue weighted by atomic mass is 9.93. The molecule has 1 aliphatic rings. The van der Waals surface area contributed by atoms with Crippen molar-refractivity contribution in [1.82, 2.24) is 13.9 Å². The molecule has 1 aromatic heterocycles. The van der Waals surface area contributed by atoms with E-state index in [0.717, 1.165) is 24.3 Å². The molecule has 1 saturated heterocycles. The zero-order chi connectivity index (χ0) is 24.0. The first-order chi connectivity index (χ1) is 15.5. The van der Waals surface area contributed by atoms with Crippen LogP contribution in [0.15, 0.2) is 66.1 Å². The third-order valence-corrected chi connectivity index (χ3v) is 6.97. The second-order valence-corrected chi connectivity index (χ2v) is 9.42. The van der Waals surface area contributed by atoms with Crippen LogP contribution in [0.3, 0.4) is 0 Å². The third kappa shape index (κ3) is 4.42. The Morgan fingerprint density at radius 3 is 2.42 bits per heavy atom. The number of carbonyl (C=O) groups excluding carboxylic acids is 1. The minimum absolute atomic E-state index is 0.00706. The van der Waals surface area contributed by atoms with Crippen LogP contribution < -0.4 is 5.32 Å². The van der Waals surface area contributed by atoms with Gasteiger partial charge in [0, 0.05) is 31.4 Å². The van der Waals surface area contributed by atoms with Gasteiger partial charge in [-0.1, -0.05) is 18.2 Å². The van der Waals surface area contributed by atoms with E-state index in [1.807, 2.05) is 0 Å². The molecule has 7 nitrogen and oxygen atoms in total. The first-order valence-corrected chi connectivity index (χ1v) is 11.1. The highest BCUT2D eigenvalue weighted by Crippen LogP contribution is 2.36. The van der Waals surface area contributed by atoms with Crippen molar-refractivity contribution >= 4 is 21.6 Å². The van der Waals surface area contributed by atoms with Crippen molar-refractivity contribution in [2.24, 2.45) is 7.05 Å². The molecule has 2 heterocycles. The molecule has 1 fully saturated rings. The zero-order valence-electron chi connectivity index (χ0n) is 17.1. The van der Waals surface area contributed by atoms with E-state index in [1.54, 1.807) is 7.05 Å². The van der Waals surface area contributed by atoms with Gasteiger partial charge in [-0.3, -0.25) is 4.79 Å². The number of carbonyl (C=O) groups is 1. The Morgan fingerprint density at radius 2 is 1.82 bits per heavy atom. The van der Waals surface area contributed by atoms with E-state index in [1.165, 1.54) is 41.4 Å². The number of aryl methyl sites for hydroxylation is 1. The van der Waals surface area contributed by atoms with Gasteiger partial charge in [-0.15, -0.1) is 0 Å². The van der Waals surface area contributed by atoms with Crippen LogP contribution in [0.5, 0.6) is 0 Å². The van der Waals surface area contributed by atoms with Crippen molar-refractivity contribution in [3.05, 3.63) is 78.0 Å². The summed E-state index contributed by atoms with van der Waals surface area (Å²) in [5, 5.41) is 2.41. The van der Waals surface area contributed by atoms with Gasteiger partial charge >= 0.3 is 6.18 Å². The SMILES string of the molecule is Cn1cnc(S(=O)(=O)N2C[C@@H](c3ccc(F)cc3)[C@H](Nc3cccc(C(F)(F)F)c3)C2=O)c1. The van der Waals surface area contributed by atoms with Crippen molar-refractivity contribution in [2.75, 3.05) is 11.9 Å². The Hall–Kier alpha value is -3.41. The highest BCUT2D eigenvalue weighted by Gasteiger charge is 2.47. The molecule has 0 aliphatic carbocycles. The second-order valence-electron chi connectivity index (χ2n) is 7.61. The van der Waals surface area contributed by atoms with Crippen molar-refractivity contribution in [3.8, 4) is 0 Å². The number of hydrogen-bond donors (Lipinski definition) is 1. The maximum absolute atomic E-state index is 13.4. The number of nitrogens with one attached hydrogen (secondary N) is 1. The second kappa shape index (κ2) is 8.18. The first kappa shape index (κ1) is 22.8. The number of hydrogen-bond acceptors (Lipinski definition) is 5. The summed E-state index contributed by atoms with van der Waals surface area (Å²) in [6.45, 7) is -0.292. The molecule has 2 atom stereocenters. The van der Waals surface area contributed by atoms with Crippen LogP contribution in [0.2, 0.25) is 0 Å². The van der Waals surface area contributed by atoms with Gasteiger partial charge in [-0.05, 0) is 35.9 Å². The van der Waals surface area contributed by atoms with Crippen molar-refractivity contribution in [2.45, 2.75) is 23.2 Å². The van der Waals surface area contributed by atoms with Crippen molar-refractivity contribution in [1.29, 1.82) is 0 Å². The topological polar surface area (TPSA) is 84.3 Å². The van der Waals surface area contributed by atoms with E-state index in [4.69, 9.17) is 0 Å². The smallest absolute Gasteiger partial charge is 0.373 e. The zero-order valence-corrected chi connectivity index (χ0v) is 17.9. The summed E-state index contributed by atoms with van der Waals surface area (Å²) >= 11 is 0. The Bertz CT molecular complexity index is 1290. The van der Waals surface area contributed by atoms with E-state index < -0.39 is 45.4 Å². The summed E-state index contributed by atoms with van der Waals surface area (Å²) in [6.07, 6.45) is -2.09. The number of imidazole rings is 1. The monoisotopic (exact) mass is 482 g/mol. The summed E-state index contributed by atoms with van der Waals surface area (Å²) < 4.78 is 81.0. The Morgan fingerprint density at radius 1 is 1.12 bits per heavy atom. The number of benzene rings is 2. The van der Waals surface area contributed by atoms with Crippen LogP contribution in [0.25, 0.3) is 0 Å². The van der Waals surface area contributed by atoms with Crippen LogP contribution in [0, 0.1) is 5.82 Å². The fraction of sp³-hybridized carbons (Fsp3) is 0.238. The predicted octanol–water partition coefficient (Wildman–Crippen LogP) is 3.37. The van der Waals surface area contributed by atoms with E-state index in [0.29, 0.717) is 9.87 Å². The minimum Gasteiger partial charge on any atom is -0.373 e. The molecule has 0 unspecified atom stereocenters. The van der Waals surface area contributed by atoms with Crippen LogP contribution >= 0.6 is 0 Å². The number of aromatic nitrogens is 2. The van der Waals surface area contributed by atoms with E-state index >= 15 is 0 Å². The average molecular weight is 482 g/mol. The molecule has 1 N–H and O–H groups in total. The number of sulfonamides is 1. The van der Waals surface area contributed by atoms with Crippen molar-refractivity contribution < 1.29 is 30.8 Å². The van der Waals surface area contributed by atoms with Gasteiger partial charge in [-0.2, -0.15) is 21.6 Å². The summed E-state index contributed by atoms with van der Waals surface area (Å²) in [5.41, 5.74) is -0.477. The molecule has 2 aromatic carbocycles. The molecule has 1 amide bonds. The van der Waals surface area contributed by atoms with Gasteiger partial charge < -0.3 is 9.88 Å². The maximum atomic E-state index is 13.4. The van der Waals surface area contributed by atoms with Gasteiger partial charge in [0.2, 0.25) is 0 Å². The molecule has 0 radical (unpaired) electrons. The van der Waals surface area contributed by atoms with Gasteiger partial charge in [0.1, 0.15) is 11.9 Å². The lowest BCUT2D eigenvalue weighted by Crippen LogP contribution is -2.38. The summed E-state index contributed by atoms with van der Waals surface area (Å²) in [6, 6.07) is 8.18. The van der Waals surface area contributed by atoms with Crippen LogP contribution in [-0.4, -0.2) is 40.8 Å². The fourth-order valence-electron chi connectivity index (χ4n) is 3.69. The molecule has 33 heavy (non-hydrogen) atoms. The molecule has 1 aliphatic heterocycles. The van der Waals surface area contributed by atoms with Crippen LogP contribution in [0.4, 0.5) is 23.2 Å². The molecule has 0 spiro atoms. The normalized spacial score (nSPS) is 19.2. The van der Waals surface area contributed by atoms with E-state index in [-0.39, 0.29) is 17.3 Å². The Labute approximate surface area is 186 Å². The van der Waals surface area contributed by atoms with E-state index in [2.05, 4.69) is 10.3 Å². The molecule has 0 saturated carbocycles. The van der Waals surface area contributed by atoms with Gasteiger partial charge in [0.25, 0.3) is 15.9 Å². The van der Waals surface area contributed by atoms with Crippen LogP contribution in [0.1, 0.15) is 17.0 Å². The van der Waals surface area contributed by atoms with Gasteiger partial charge in [0.05, 0.1) is 11.9 Å². The van der Waals surface area contributed by atoms with Gasteiger partial charge in [-0.25, -0.2) is 13.7 Å². The summed E-state index contributed by atoms with van der Waals surface area (Å²) in [5.74, 6) is -2.16. The van der Waals surface area contributed by atoms with Crippen LogP contribution in [-0.2, 0) is 28.0 Å². The lowest BCUT2D eigenvalue weighted by Gasteiger charge is -2.20. The number of halogens is 4. The predicted molar refractivity (Wildman–Crippen MR) is 110 cm³/mol. The number of amides is 1. The quantitative estimate of drug-likeness (QED) is 0.564. The maximum Gasteiger partial charge on any atom is 0.416 e. The number of nitrogens with zero attached hydrogens (tertiary/aromatic N) is 3. The number of alkyl halides is 3. The molecular formula is C21H18F4N4O3S. The number of rotatable bonds is 5. The fourth-order valence-corrected chi connectivity index (χ4v) is 5.10. The number of anilines is 1. The molecule has 174 valence electrons. The van der Waals surface area contributed by atoms with Crippen molar-refractivity contribution in [3.63, 3.8) is 0 Å². The lowest BCUT2D eigenvalue weighted by molar-refractivity contribution is -0.137. The molecule has 12 heteroatoms. The average Bonchev–Trinajstić information content (AvgIpc) is 3.33. The molecule has 3 aromatic rings. The van der Waals surface area contributed by atoms with E-state index in [9.17, 15) is 30.8 Å². The minimum atomic E-state index is -4.60. The standard InChI is InChI=1S/C21H18F4N4O3S/c1-28-11-18(26-12-28)33(31,32)29-10-17(13-5-7-15(22)8-6-13)19(20(29)30)27-16-4-2-3-14(9-16)21(23,24)25/h2-9,11-12,17,19,27H,10H2,1H3/t17-,19-/m0/s1. The highest BCUT2D eigenvalue weighted by molar-refractivity contribution is 7.89. The van der Waals surface area contributed by atoms with Gasteiger partial charge in [0.15, 0.2) is 5.03 Å². The highest BCUT2D eigenvalue weighted by atomic mass is 32.2. The Kier molecular flexibility index (Phi) is 5.64. The summed E-state index contributed by atoms with van der Waals surface area (Å²) in [4.78, 5) is 17.0. The third-order valence-electron chi connectivity index (χ3n) is 5.32. The largest absolute Gasteiger partial charge is 0.416 e. The first-order valence-electron chi connectivity index (χ1n) is 9.70. The molecule has 4 rings (SSSR count). The molecule has 0 bridgehead atoms.